The summed E-state index contributed by atoms with van der Waals surface area (Å²) in [6.45, 7) is 5.75. The molecule has 5 nitrogen and oxygen atoms in total. The van der Waals surface area contributed by atoms with Gasteiger partial charge in [0.15, 0.2) is 5.78 Å². The van der Waals surface area contributed by atoms with Crippen molar-refractivity contribution in [2.24, 2.45) is 0 Å². The average Bonchev–Trinajstić information content (AvgIpc) is 3.02. The Hall–Kier alpha value is -3.13. The van der Waals surface area contributed by atoms with Crippen molar-refractivity contribution >= 4 is 17.2 Å². The van der Waals surface area contributed by atoms with E-state index < -0.39 is 11.6 Å². The first-order valence-electron chi connectivity index (χ1n) is 11.8. The molecule has 0 aromatic heterocycles. The van der Waals surface area contributed by atoms with Gasteiger partial charge in [-0.3, -0.25) is 9.69 Å². The van der Waals surface area contributed by atoms with Crippen LogP contribution in [0.2, 0.25) is 0 Å². The smallest absolute Gasteiger partial charge is 0.193 e. The van der Waals surface area contributed by atoms with Gasteiger partial charge in [0, 0.05) is 49.6 Å². The monoisotopic (exact) mass is 480 g/mol. The zero-order valence-corrected chi connectivity index (χ0v) is 19.9. The normalized spacial score (nSPS) is 15.3. The number of anilines is 2. The van der Waals surface area contributed by atoms with E-state index in [-0.39, 0.29) is 11.5 Å². The fraction of sp³-hybridized carbons (Fsp3) is 0.321. The third kappa shape index (κ3) is 6.51. The summed E-state index contributed by atoms with van der Waals surface area (Å²) in [6, 6.07) is 16.4. The highest BCUT2D eigenvalue weighted by Crippen LogP contribution is 2.28. The first-order valence-corrected chi connectivity index (χ1v) is 11.8. The minimum atomic E-state index is -0.654. The Bertz CT molecular complexity index is 1160. The van der Waals surface area contributed by atoms with E-state index in [0.29, 0.717) is 11.3 Å². The molecule has 1 heterocycles. The van der Waals surface area contributed by atoms with Crippen LogP contribution >= 0.6 is 0 Å². The predicted molar refractivity (Wildman–Crippen MR) is 133 cm³/mol. The molecule has 5 rings (SSSR count). The van der Waals surface area contributed by atoms with E-state index >= 15 is 0 Å². The van der Waals surface area contributed by atoms with Crippen molar-refractivity contribution in [1.82, 2.24) is 4.90 Å². The topological polar surface area (TPSA) is 50.8 Å². The molecule has 0 spiro atoms. The number of carbonyl (C=O) groups is 1. The summed E-state index contributed by atoms with van der Waals surface area (Å²) in [7, 11) is 1.74. The number of nitrogens with one attached hydrogen (secondary N) is 1. The number of methoxy groups -OCH3 is 1. The SMILES string of the molecule is COCCN1CCOCC1.O=C1c2ccccc2CCc2cc(Nc3ccc(F)cc3F)ccc21. The lowest BCUT2D eigenvalue weighted by atomic mass is 9.98. The fourth-order valence-corrected chi connectivity index (χ4v) is 4.27. The van der Waals surface area contributed by atoms with E-state index in [1.807, 2.05) is 30.3 Å². The van der Waals surface area contributed by atoms with Gasteiger partial charge in [0.05, 0.1) is 25.5 Å². The molecule has 0 amide bonds. The Morgan fingerprint density at radius 3 is 2.46 bits per heavy atom. The Morgan fingerprint density at radius 2 is 1.69 bits per heavy atom. The maximum Gasteiger partial charge on any atom is 0.193 e. The Balaban J connectivity index is 0.000000243. The number of morpholine rings is 1. The van der Waals surface area contributed by atoms with Crippen LogP contribution in [0.25, 0.3) is 0 Å². The number of nitrogens with zero attached hydrogens (tertiary/aromatic N) is 1. The molecule has 184 valence electrons. The first-order chi connectivity index (χ1) is 17.0. The van der Waals surface area contributed by atoms with Gasteiger partial charge in [-0.1, -0.05) is 24.3 Å². The molecule has 0 saturated carbocycles. The van der Waals surface area contributed by atoms with Gasteiger partial charge in [0.1, 0.15) is 11.6 Å². The van der Waals surface area contributed by atoms with Gasteiger partial charge >= 0.3 is 0 Å². The van der Waals surface area contributed by atoms with Crippen molar-refractivity contribution in [2.75, 3.05) is 51.9 Å². The van der Waals surface area contributed by atoms with Crippen LogP contribution in [0.1, 0.15) is 27.0 Å². The minimum Gasteiger partial charge on any atom is -0.383 e. The second kappa shape index (κ2) is 12.0. The van der Waals surface area contributed by atoms with Crippen LogP contribution in [0, 0.1) is 11.6 Å². The van der Waals surface area contributed by atoms with Gasteiger partial charge in [0.2, 0.25) is 0 Å². The largest absolute Gasteiger partial charge is 0.383 e. The molecule has 1 saturated heterocycles. The summed E-state index contributed by atoms with van der Waals surface area (Å²) in [6.07, 6.45) is 1.52. The van der Waals surface area contributed by atoms with Gasteiger partial charge < -0.3 is 14.8 Å². The van der Waals surface area contributed by atoms with Crippen molar-refractivity contribution in [3.05, 3.63) is 94.6 Å². The summed E-state index contributed by atoms with van der Waals surface area (Å²) < 4.78 is 37.0. The highest BCUT2D eigenvalue weighted by Gasteiger charge is 2.21. The number of halogens is 2. The lowest BCUT2D eigenvalue weighted by Crippen LogP contribution is -2.38. The number of fused-ring (bicyclic) bond motifs is 2. The van der Waals surface area contributed by atoms with Crippen LogP contribution in [0.4, 0.5) is 20.2 Å². The molecule has 0 unspecified atom stereocenters. The predicted octanol–water partition coefficient (Wildman–Crippen LogP) is 5.00. The second-order valence-corrected chi connectivity index (χ2v) is 8.55. The molecule has 0 bridgehead atoms. The van der Waals surface area contributed by atoms with Crippen LogP contribution in [0.15, 0.2) is 60.7 Å². The summed E-state index contributed by atoms with van der Waals surface area (Å²) in [5.74, 6) is -1.26. The molecule has 35 heavy (non-hydrogen) atoms. The van der Waals surface area contributed by atoms with E-state index in [1.165, 1.54) is 12.1 Å². The van der Waals surface area contributed by atoms with Crippen LogP contribution in [-0.4, -0.2) is 57.2 Å². The van der Waals surface area contributed by atoms with Crippen molar-refractivity contribution < 1.29 is 23.0 Å². The van der Waals surface area contributed by atoms with Gasteiger partial charge in [-0.15, -0.1) is 0 Å². The molecule has 3 aromatic rings. The van der Waals surface area contributed by atoms with Gasteiger partial charge in [0.25, 0.3) is 0 Å². The number of hydrogen-bond acceptors (Lipinski definition) is 5. The van der Waals surface area contributed by atoms with Gasteiger partial charge in [-0.05, 0) is 54.3 Å². The number of carbonyl (C=O) groups excluding carboxylic acids is 1. The van der Waals surface area contributed by atoms with Crippen molar-refractivity contribution in [1.29, 1.82) is 0 Å². The second-order valence-electron chi connectivity index (χ2n) is 8.55. The number of aryl methyl sites for hydroxylation is 2. The summed E-state index contributed by atoms with van der Waals surface area (Å²) in [4.78, 5) is 15.1. The highest BCUT2D eigenvalue weighted by molar-refractivity contribution is 6.11. The third-order valence-corrected chi connectivity index (χ3v) is 6.20. The molecule has 0 radical (unpaired) electrons. The number of hydrogen-bond donors (Lipinski definition) is 1. The molecule has 1 fully saturated rings. The van der Waals surface area contributed by atoms with Crippen molar-refractivity contribution in [3.8, 4) is 0 Å². The Labute approximate surface area is 204 Å². The van der Waals surface area contributed by atoms with Crippen LogP contribution in [0.5, 0.6) is 0 Å². The Kier molecular flexibility index (Phi) is 8.58. The molecular weight excluding hydrogens is 450 g/mol. The molecular formula is C28H30F2N2O3. The number of benzene rings is 3. The van der Waals surface area contributed by atoms with Crippen molar-refractivity contribution in [3.63, 3.8) is 0 Å². The molecule has 0 atom stereocenters. The van der Waals surface area contributed by atoms with Crippen molar-refractivity contribution in [2.45, 2.75) is 12.8 Å². The number of rotatable bonds is 5. The fourth-order valence-electron chi connectivity index (χ4n) is 4.27. The molecule has 2 aliphatic rings. The third-order valence-electron chi connectivity index (χ3n) is 6.20. The van der Waals surface area contributed by atoms with Gasteiger partial charge in [-0.2, -0.15) is 0 Å². The van der Waals surface area contributed by atoms with Crippen LogP contribution in [-0.2, 0) is 22.3 Å². The van der Waals surface area contributed by atoms with Crippen LogP contribution in [0.3, 0.4) is 0 Å². The number of ether oxygens (including phenoxy) is 2. The minimum absolute atomic E-state index is 0.0163. The lowest BCUT2D eigenvalue weighted by Gasteiger charge is -2.25. The summed E-state index contributed by atoms with van der Waals surface area (Å²) in [5.41, 5.74) is 4.26. The molecule has 7 heteroatoms. The molecule has 1 aliphatic heterocycles. The van der Waals surface area contributed by atoms with E-state index in [4.69, 9.17) is 9.47 Å². The molecule has 1 N–H and O–H groups in total. The zero-order chi connectivity index (χ0) is 24.6. The molecule has 3 aromatic carbocycles. The van der Waals surface area contributed by atoms with E-state index in [0.717, 1.165) is 75.1 Å². The number of ketones is 1. The lowest BCUT2D eigenvalue weighted by molar-refractivity contribution is 0.0263. The van der Waals surface area contributed by atoms with Crippen LogP contribution < -0.4 is 5.32 Å². The summed E-state index contributed by atoms with van der Waals surface area (Å²) >= 11 is 0. The highest BCUT2D eigenvalue weighted by atomic mass is 19.1. The Morgan fingerprint density at radius 1 is 0.943 bits per heavy atom. The standard InChI is InChI=1S/C21H15F2NO.C7H15NO2/c22-15-7-10-20(19(23)12-15)24-16-8-9-18-14(11-16)6-5-13-3-1-2-4-17(13)21(18)25;1-9-5-2-8-3-6-10-7-4-8/h1-4,7-12,24H,5-6H2;2-7H2,1H3. The summed E-state index contributed by atoms with van der Waals surface area (Å²) in [5, 5.41) is 2.95. The average molecular weight is 481 g/mol. The van der Waals surface area contributed by atoms with E-state index in [2.05, 4.69) is 10.2 Å². The maximum absolute atomic E-state index is 13.8. The first kappa shape index (κ1) is 25.0. The van der Waals surface area contributed by atoms with E-state index in [1.54, 1.807) is 19.2 Å². The van der Waals surface area contributed by atoms with Gasteiger partial charge in [-0.25, -0.2) is 8.78 Å². The van der Waals surface area contributed by atoms with E-state index in [9.17, 15) is 13.6 Å². The molecule has 1 aliphatic carbocycles. The quantitative estimate of drug-likeness (QED) is 0.557. The zero-order valence-electron chi connectivity index (χ0n) is 19.9. The maximum atomic E-state index is 13.8.